The van der Waals surface area contributed by atoms with Crippen LogP contribution in [0.1, 0.15) is 32.1 Å². The number of hydrogen-bond acceptors (Lipinski definition) is 4. The van der Waals surface area contributed by atoms with Gasteiger partial charge in [-0.2, -0.15) is 0 Å². The Morgan fingerprint density at radius 3 is 2.71 bits per heavy atom. The molecule has 0 atom stereocenters. The van der Waals surface area contributed by atoms with Crippen molar-refractivity contribution in [3.63, 3.8) is 0 Å². The lowest BCUT2D eigenvalue weighted by Crippen LogP contribution is -2.30. The Balaban J connectivity index is 1.56. The largest absolute Gasteiger partial charge is 0.486 e. The summed E-state index contributed by atoms with van der Waals surface area (Å²) in [6.45, 7) is 1.76. The SMILES string of the molecule is CSc1cc2c(cc1NC(=O)NCCC1=CCCCC1)OCCO2. The summed E-state index contributed by atoms with van der Waals surface area (Å²) < 4.78 is 11.2. The predicted molar refractivity (Wildman–Crippen MR) is 97.4 cm³/mol. The van der Waals surface area contributed by atoms with E-state index >= 15 is 0 Å². The molecule has 0 aromatic heterocycles. The highest BCUT2D eigenvalue weighted by atomic mass is 32.2. The summed E-state index contributed by atoms with van der Waals surface area (Å²) in [6, 6.07) is 3.57. The Bertz CT molecular complexity index is 631. The second-order valence-electron chi connectivity index (χ2n) is 5.94. The van der Waals surface area contributed by atoms with Crippen LogP contribution in [0.2, 0.25) is 0 Å². The molecule has 1 heterocycles. The maximum Gasteiger partial charge on any atom is 0.319 e. The number of nitrogens with one attached hydrogen (secondary N) is 2. The number of benzene rings is 1. The number of rotatable bonds is 5. The zero-order valence-corrected chi connectivity index (χ0v) is 14.8. The van der Waals surface area contributed by atoms with E-state index in [0.29, 0.717) is 25.5 Å². The van der Waals surface area contributed by atoms with E-state index in [-0.39, 0.29) is 6.03 Å². The molecule has 0 radical (unpaired) electrons. The Kier molecular flexibility index (Phi) is 5.91. The number of fused-ring (bicyclic) bond motifs is 1. The second kappa shape index (κ2) is 8.33. The normalized spacial score (nSPS) is 16.3. The molecule has 0 saturated carbocycles. The maximum absolute atomic E-state index is 12.2. The minimum absolute atomic E-state index is 0.182. The molecule has 130 valence electrons. The Hall–Kier alpha value is -1.82. The number of thioether (sulfide) groups is 1. The molecular weight excluding hydrogens is 324 g/mol. The van der Waals surface area contributed by atoms with Gasteiger partial charge in [-0.15, -0.1) is 11.8 Å². The minimum Gasteiger partial charge on any atom is -0.486 e. The maximum atomic E-state index is 12.2. The van der Waals surface area contributed by atoms with Gasteiger partial charge < -0.3 is 20.1 Å². The van der Waals surface area contributed by atoms with E-state index in [2.05, 4.69) is 16.7 Å². The molecule has 2 aliphatic rings. The monoisotopic (exact) mass is 348 g/mol. The van der Waals surface area contributed by atoms with E-state index in [1.54, 1.807) is 11.8 Å². The molecule has 0 saturated heterocycles. The predicted octanol–water partition coefficient (Wildman–Crippen LogP) is 4.19. The van der Waals surface area contributed by atoms with Crippen LogP contribution in [0.15, 0.2) is 28.7 Å². The molecule has 1 aromatic rings. The van der Waals surface area contributed by atoms with Crippen LogP contribution in [0.5, 0.6) is 11.5 Å². The lowest BCUT2D eigenvalue weighted by Gasteiger charge is -2.21. The van der Waals surface area contributed by atoms with E-state index in [1.165, 1.54) is 31.3 Å². The van der Waals surface area contributed by atoms with Gasteiger partial charge in [-0.05, 0) is 44.4 Å². The van der Waals surface area contributed by atoms with Gasteiger partial charge in [0.1, 0.15) is 13.2 Å². The first-order valence-corrected chi connectivity index (χ1v) is 9.69. The first-order chi connectivity index (χ1) is 11.8. The molecule has 1 aromatic carbocycles. The average Bonchev–Trinajstić information content (AvgIpc) is 2.62. The molecule has 1 aliphatic heterocycles. The van der Waals surface area contributed by atoms with Crippen molar-refractivity contribution < 1.29 is 14.3 Å². The molecule has 24 heavy (non-hydrogen) atoms. The van der Waals surface area contributed by atoms with Crippen molar-refractivity contribution in [2.45, 2.75) is 37.0 Å². The third-order valence-electron chi connectivity index (χ3n) is 4.23. The smallest absolute Gasteiger partial charge is 0.319 e. The van der Waals surface area contributed by atoms with Gasteiger partial charge in [0.05, 0.1) is 5.69 Å². The number of carbonyl (C=O) groups excluding carboxylic acids is 1. The summed E-state index contributed by atoms with van der Waals surface area (Å²) in [7, 11) is 0. The lowest BCUT2D eigenvalue weighted by atomic mass is 9.97. The highest BCUT2D eigenvalue weighted by Gasteiger charge is 2.17. The van der Waals surface area contributed by atoms with Crippen molar-refractivity contribution in [2.24, 2.45) is 0 Å². The first kappa shape index (κ1) is 17.0. The van der Waals surface area contributed by atoms with Gasteiger partial charge in [0, 0.05) is 17.5 Å². The number of anilines is 1. The highest BCUT2D eigenvalue weighted by molar-refractivity contribution is 7.98. The van der Waals surface area contributed by atoms with Crippen molar-refractivity contribution in [2.75, 3.05) is 31.3 Å². The molecule has 2 amide bonds. The number of ether oxygens (including phenoxy) is 2. The first-order valence-electron chi connectivity index (χ1n) is 8.46. The van der Waals surface area contributed by atoms with Crippen molar-refractivity contribution in [3.8, 4) is 11.5 Å². The molecule has 0 unspecified atom stereocenters. The number of amides is 2. The second-order valence-corrected chi connectivity index (χ2v) is 6.78. The Morgan fingerprint density at radius 2 is 2.00 bits per heavy atom. The van der Waals surface area contributed by atoms with Crippen LogP contribution in [0.25, 0.3) is 0 Å². The number of allylic oxidation sites excluding steroid dienone is 1. The fourth-order valence-electron chi connectivity index (χ4n) is 2.97. The van der Waals surface area contributed by atoms with Crippen LogP contribution in [-0.2, 0) is 0 Å². The number of hydrogen-bond donors (Lipinski definition) is 2. The van der Waals surface area contributed by atoms with Crippen LogP contribution in [0.3, 0.4) is 0 Å². The molecular formula is C18H24N2O3S. The highest BCUT2D eigenvalue weighted by Crippen LogP contribution is 2.39. The van der Waals surface area contributed by atoms with Gasteiger partial charge in [-0.25, -0.2) is 4.79 Å². The van der Waals surface area contributed by atoms with Crippen LogP contribution in [0, 0.1) is 0 Å². The van der Waals surface area contributed by atoms with Crippen molar-refractivity contribution in [1.82, 2.24) is 5.32 Å². The van der Waals surface area contributed by atoms with E-state index < -0.39 is 0 Å². The minimum atomic E-state index is -0.182. The lowest BCUT2D eigenvalue weighted by molar-refractivity contribution is 0.171. The Labute approximate surface area is 147 Å². The van der Waals surface area contributed by atoms with E-state index in [9.17, 15) is 4.79 Å². The van der Waals surface area contributed by atoms with Gasteiger partial charge in [0.25, 0.3) is 0 Å². The fourth-order valence-corrected chi connectivity index (χ4v) is 3.53. The zero-order valence-electron chi connectivity index (χ0n) is 14.0. The van der Waals surface area contributed by atoms with Gasteiger partial charge in [-0.1, -0.05) is 11.6 Å². The molecule has 3 rings (SSSR count). The average molecular weight is 348 g/mol. The van der Waals surface area contributed by atoms with Gasteiger partial charge in [0.15, 0.2) is 11.5 Å². The molecule has 0 fully saturated rings. The molecule has 5 nitrogen and oxygen atoms in total. The van der Waals surface area contributed by atoms with Crippen molar-refractivity contribution in [3.05, 3.63) is 23.8 Å². The van der Waals surface area contributed by atoms with Crippen LogP contribution in [-0.4, -0.2) is 32.0 Å². The van der Waals surface area contributed by atoms with Crippen molar-refractivity contribution in [1.29, 1.82) is 0 Å². The number of carbonyl (C=O) groups is 1. The fraction of sp³-hybridized carbons (Fsp3) is 0.500. The molecule has 0 spiro atoms. The van der Waals surface area contributed by atoms with Gasteiger partial charge in [-0.3, -0.25) is 0 Å². The molecule has 6 heteroatoms. The zero-order chi connectivity index (χ0) is 16.8. The summed E-state index contributed by atoms with van der Waals surface area (Å²) in [4.78, 5) is 13.1. The van der Waals surface area contributed by atoms with Crippen LogP contribution < -0.4 is 20.1 Å². The van der Waals surface area contributed by atoms with Crippen LogP contribution in [0.4, 0.5) is 10.5 Å². The third kappa shape index (κ3) is 4.38. The standard InChI is InChI=1S/C18H24N2O3S/c1-24-17-12-16-15(22-9-10-23-16)11-14(17)20-18(21)19-8-7-13-5-3-2-4-6-13/h5,11-12H,2-4,6-10H2,1H3,(H2,19,20,21). The summed E-state index contributed by atoms with van der Waals surface area (Å²) in [5.74, 6) is 1.42. The Morgan fingerprint density at radius 1 is 1.21 bits per heavy atom. The van der Waals surface area contributed by atoms with Crippen molar-refractivity contribution >= 4 is 23.5 Å². The third-order valence-corrected chi connectivity index (χ3v) is 5.01. The molecule has 1 aliphatic carbocycles. The van der Waals surface area contributed by atoms with Gasteiger partial charge in [0.2, 0.25) is 0 Å². The quantitative estimate of drug-likeness (QED) is 0.619. The van der Waals surface area contributed by atoms with E-state index in [1.807, 2.05) is 18.4 Å². The topological polar surface area (TPSA) is 59.6 Å². The number of urea groups is 1. The molecule has 0 bridgehead atoms. The summed E-state index contributed by atoms with van der Waals surface area (Å²) >= 11 is 1.57. The molecule has 2 N–H and O–H groups in total. The summed E-state index contributed by atoms with van der Waals surface area (Å²) in [6.07, 6.45) is 10.1. The summed E-state index contributed by atoms with van der Waals surface area (Å²) in [5.41, 5.74) is 2.21. The summed E-state index contributed by atoms with van der Waals surface area (Å²) in [5, 5.41) is 5.86. The van der Waals surface area contributed by atoms with Gasteiger partial charge >= 0.3 is 6.03 Å². The van der Waals surface area contributed by atoms with Crippen LogP contribution >= 0.6 is 11.8 Å². The van der Waals surface area contributed by atoms with E-state index in [4.69, 9.17) is 9.47 Å². The van der Waals surface area contributed by atoms with E-state index in [0.717, 1.165) is 22.8 Å².